The number of benzene rings is 2. The number of aromatic nitrogens is 2. The molecule has 0 aliphatic carbocycles. The van der Waals surface area contributed by atoms with Crippen molar-refractivity contribution in [2.24, 2.45) is 0 Å². The van der Waals surface area contributed by atoms with Crippen LogP contribution in [0.15, 0.2) is 64.6 Å². The van der Waals surface area contributed by atoms with Gasteiger partial charge in [-0.25, -0.2) is 13.4 Å². The third kappa shape index (κ3) is 5.06. The Kier molecular flexibility index (Phi) is 6.54. The summed E-state index contributed by atoms with van der Waals surface area (Å²) in [6.07, 6.45) is 4.46. The number of piperidine rings is 1. The summed E-state index contributed by atoms with van der Waals surface area (Å²) in [7, 11) is -3.55. The normalized spacial score (nSPS) is 16.2. The maximum Gasteiger partial charge on any atom is 0.243 e. The molecule has 1 saturated heterocycles. The van der Waals surface area contributed by atoms with Crippen LogP contribution in [0.25, 0.3) is 11.0 Å². The second-order valence-corrected chi connectivity index (χ2v) is 10.7. The Hall–Kier alpha value is -2.49. The molecule has 1 fully saturated rings. The van der Waals surface area contributed by atoms with E-state index in [1.807, 2.05) is 24.3 Å². The Morgan fingerprint density at radius 3 is 2.58 bits per heavy atom. The number of fused-ring (bicyclic) bond motifs is 1. The number of nitrogens with zero attached hydrogens (tertiary/aromatic N) is 3. The van der Waals surface area contributed by atoms with E-state index in [9.17, 15) is 13.2 Å². The largest absolute Gasteiger partial charge is 0.325 e. The van der Waals surface area contributed by atoms with Crippen molar-refractivity contribution in [2.45, 2.75) is 41.4 Å². The number of thioether (sulfide) groups is 1. The third-order valence-corrected chi connectivity index (χ3v) is 8.05. The third-order valence-electron chi connectivity index (χ3n) is 5.15. The summed E-state index contributed by atoms with van der Waals surface area (Å²) >= 11 is 1.31. The average molecular weight is 457 g/mol. The smallest absolute Gasteiger partial charge is 0.243 e. The van der Waals surface area contributed by atoms with E-state index in [0.717, 1.165) is 30.3 Å². The number of rotatable bonds is 6. The van der Waals surface area contributed by atoms with Crippen LogP contribution in [0.5, 0.6) is 0 Å². The molecule has 3 aromatic rings. The average Bonchev–Trinajstić information content (AvgIpc) is 2.79. The quantitative estimate of drug-likeness (QED) is 0.565. The second-order valence-electron chi connectivity index (χ2n) is 7.44. The predicted molar refractivity (Wildman–Crippen MR) is 123 cm³/mol. The highest BCUT2D eigenvalue weighted by atomic mass is 32.2. The van der Waals surface area contributed by atoms with Crippen LogP contribution in [0.1, 0.15) is 26.2 Å². The molecule has 7 nitrogen and oxygen atoms in total. The lowest BCUT2D eigenvalue weighted by atomic mass is 10.2. The molecule has 0 saturated carbocycles. The van der Waals surface area contributed by atoms with Crippen LogP contribution in [0, 0.1) is 0 Å². The van der Waals surface area contributed by atoms with Crippen molar-refractivity contribution in [3.8, 4) is 0 Å². The first-order chi connectivity index (χ1) is 14.9. The van der Waals surface area contributed by atoms with Gasteiger partial charge in [-0.05, 0) is 50.1 Å². The van der Waals surface area contributed by atoms with E-state index in [0.29, 0.717) is 23.8 Å². The number of carbonyl (C=O) groups excluding carboxylic acids is 1. The lowest BCUT2D eigenvalue weighted by molar-refractivity contribution is -0.115. The van der Waals surface area contributed by atoms with Gasteiger partial charge in [0.1, 0.15) is 5.03 Å². The van der Waals surface area contributed by atoms with E-state index in [4.69, 9.17) is 0 Å². The molecule has 0 unspecified atom stereocenters. The van der Waals surface area contributed by atoms with Crippen molar-refractivity contribution in [3.63, 3.8) is 0 Å². The van der Waals surface area contributed by atoms with Crippen molar-refractivity contribution < 1.29 is 13.2 Å². The molecule has 1 amide bonds. The zero-order chi connectivity index (χ0) is 21.8. The molecule has 1 aliphatic rings. The van der Waals surface area contributed by atoms with Crippen molar-refractivity contribution >= 4 is 44.4 Å². The molecule has 31 heavy (non-hydrogen) atoms. The van der Waals surface area contributed by atoms with Gasteiger partial charge in [-0.1, -0.05) is 36.4 Å². The van der Waals surface area contributed by atoms with Crippen LogP contribution < -0.4 is 5.32 Å². The highest BCUT2D eigenvalue weighted by Crippen LogP contribution is 2.25. The molecule has 0 spiro atoms. The van der Waals surface area contributed by atoms with E-state index < -0.39 is 15.3 Å². The minimum Gasteiger partial charge on any atom is -0.325 e. The van der Waals surface area contributed by atoms with Crippen LogP contribution >= 0.6 is 11.8 Å². The Balaban J connectivity index is 1.44. The Labute approximate surface area is 186 Å². The monoisotopic (exact) mass is 456 g/mol. The van der Waals surface area contributed by atoms with Gasteiger partial charge in [-0.2, -0.15) is 4.31 Å². The molecule has 2 aromatic carbocycles. The first-order valence-corrected chi connectivity index (χ1v) is 12.5. The Morgan fingerprint density at radius 1 is 1.06 bits per heavy atom. The maximum absolute atomic E-state index is 12.9. The number of para-hydroxylation sites is 2. The van der Waals surface area contributed by atoms with Gasteiger partial charge in [-0.15, -0.1) is 0 Å². The summed E-state index contributed by atoms with van der Waals surface area (Å²) in [5, 5.41) is 3.05. The summed E-state index contributed by atoms with van der Waals surface area (Å²) in [6, 6.07) is 14.0. The van der Waals surface area contributed by atoms with Crippen LogP contribution in [-0.2, 0) is 14.8 Å². The molecular weight excluding hydrogens is 432 g/mol. The molecule has 1 aromatic heterocycles. The maximum atomic E-state index is 12.9. The zero-order valence-corrected chi connectivity index (χ0v) is 18.8. The fourth-order valence-corrected chi connectivity index (χ4v) is 5.82. The number of carbonyl (C=O) groups is 1. The highest BCUT2D eigenvalue weighted by molar-refractivity contribution is 8.00. The van der Waals surface area contributed by atoms with E-state index >= 15 is 0 Å². The van der Waals surface area contributed by atoms with E-state index in [1.54, 1.807) is 31.3 Å². The van der Waals surface area contributed by atoms with Gasteiger partial charge in [0.25, 0.3) is 0 Å². The van der Waals surface area contributed by atoms with Gasteiger partial charge < -0.3 is 5.32 Å². The summed E-state index contributed by atoms with van der Waals surface area (Å²) < 4.78 is 27.3. The van der Waals surface area contributed by atoms with E-state index in [2.05, 4.69) is 15.3 Å². The summed E-state index contributed by atoms with van der Waals surface area (Å²) in [4.78, 5) is 21.8. The van der Waals surface area contributed by atoms with Gasteiger partial charge in [-0.3, -0.25) is 9.78 Å². The van der Waals surface area contributed by atoms with Crippen molar-refractivity contribution in [1.82, 2.24) is 14.3 Å². The van der Waals surface area contributed by atoms with Gasteiger partial charge >= 0.3 is 0 Å². The number of hydrogen-bond acceptors (Lipinski definition) is 6. The van der Waals surface area contributed by atoms with Gasteiger partial charge in [0, 0.05) is 18.8 Å². The molecule has 1 N–H and O–H groups in total. The lowest BCUT2D eigenvalue weighted by Gasteiger charge is -2.26. The van der Waals surface area contributed by atoms with E-state index in [1.165, 1.54) is 22.1 Å². The Morgan fingerprint density at radius 2 is 1.81 bits per heavy atom. The molecule has 0 bridgehead atoms. The van der Waals surface area contributed by atoms with Crippen LogP contribution in [0.2, 0.25) is 0 Å². The summed E-state index contributed by atoms with van der Waals surface area (Å²) in [6.45, 7) is 2.87. The van der Waals surface area contributed by atoms with Crippen LogP contribution in [-0.4, -0.2) is 46.9 Å². The number of sulfonamides is 1. The number of hydrogen-bond donors (Lipinski definition) is 1. The highest BCUT2D eigenvalue weighted by Gasteiger charge is 2.26. The van der Waals surface area contributed by atoms with E-state index in [-0.39, 0.29) is 10.8 Å². The van der Waals surface area contributed by atoms with Crippen molar-refractivity contribution in [2.75, 3.05) is 18.4 Å². The minimum absolute atomic E-state index is 0.202. The molecule has 4 rings (SSSR count). The number of amides is 1. The second kappa shape index (κ2) is 9.33. The molecule has 162 valence electrons. The molecule has 9 heteroatoms. The van der Waals surface area contributed by atoms with Crippen LogP contribution in [0.4, 0.5) is 5.69 Å². The summed E-state index contributed by atoms with van der Waals surface area (Å²) in [5.41, 5.74) is 2.03. The zero-order valence-electron chi connectivity index (χ0n) is 17.2. The number of nitrogens with one attached hydrogen (secondary N) is 1. The van der Waals surface area contributed by atoms with Gasteiger partial charge in [0.15, 0.2) is 0 Å². The molecule has 1 atom stereocenters. The topological polar surface area (TPSA) is 92.3 Å². The SMILES string of the molecule is C[C@@H](Sc1cnc2ccccc2n1)C(=O)Nc1cccc(S(=O)(=O)N2CCCCC2)c1. The fraction of sp³-hybridized carbons (Fsp3) is 0.318. The van der Waals surface area contributed by atoms with Crippen LogP contribution in [0.3, 0.4) is 0 Å². The molecule has 1 aliphatic heterocycles. The van der Waals surface area contributed by atoms with Gasteiger partial charge in [0.2, 0.25) is 15.9 Å². The first kappa shape index (κ1) is 21.7. The minimum atomic E-state index is -3.55. The number of anilines is 1. The van der Waals surface area contributed by atoms with Crippen molar-refractivity contribution in [1.29, 1.82) is 0 Å². The molecule has 0 radical (unpaired) electrons. The fourth-order valence-electron chi connectivity index (χ4n) is 3.46. The van der Waals surface area contributed by atoms with Crippen molar-refractivity contribution in [3.05, 3.63) is 54.7 Å². The van der Waals surface area contributed by atoms with Gasteiger partial charge in [0.05, 0.1) is 27.4 Å². The predicted octanol–water partition coefficient (Wildman–Crippen LogP) is 3.92. The molecule has 2 heterocycles. The molecular formula is C22H24N4O3S2. The first-order valence-electron chi connectivity index (χ1n) is 10.2. The Bertz CT molecular complexity index is 1190. The standard InChI is InChI=1S/C22H24N4O3S2/c1-16(30-21-15-23-19-10-3-4-11-20(19)25-21)22(27)24-17-8-7-9-18(14-17)31(28,29)26-12-5-2-6-13-26/h3-4,7-11,14-16H,2,5-6,12-13H2,1H3,(H,24,27)/t16-/m1/s1. The summed E-state index contributed by atoms with van der Waals surface area (Å²) in [5.74, 6) is -0.229. The lowest BCUT2D eigenvalue weighted by Crippen LogP contribution is -2.35.